The highest BCUT2D eigenvalue weighted by atomic mass is 16.6. The third kappa shape index (κ3) is 8.36. The summed E-state index contributed by atoms with van der Waals surface area (Å²) in [5.74, 6) is -2.45. The minimum atomic E-state index is -1.22. The first-order valence-corrected chi connectivity index (χ1v) is 16.2. The Labute approximate surface area is 290 Å². The standard InChI is InChI=1S/C37H42N6O7/c1-37(2,3)50-36(49)38-22-30(44)43-29-21-25(35(47)48)11-16-28(29)32(34(43)46)33(24-9-7-6-8-10-24)39-26-12-14-27(15-13-26)41(5)31(45)23-42-19-17-40(4)18-20-42/h6-16,21,46H,17-20,22-23H2,1-5H3,(H,38,49)(H,47,48). The van der Waals surface area contributed by atoms with Crippen molar-refractivity contribution in [3.05, 3.63) is 89.5 Å². The first kappa shape index (κ1) is 35.8. The molecule has 0 saturated carbocycles. The lowest BCUT2D eigenvalue weighted by atomic mass is 10.00. The number of piperazine rings is 1. The first-order chi connectivity index (χ1) is 23.7. The molecule has 1 aromatic heterocycles. The molecule has 0 unspecified atom stereocenters. The summed E-state index contributed by atoms with van der Waals surface area (Å²) < 4.78 is 6.21. The number of hydrogen-bond donors (Lipinski definition) is 3. The first-order valence-electron chi connectivity index (χ1n) is 16.2. The van der Waals surface area contributed by atoms with Crippen LogP contribution in [0.3, 0.4) is 0 Å². The molecule has 0 bridgehead atoms. The molecule has 0 radical (unpaired) electrons. The normalized spacial score (nSPS) is 14.4. The predicted octanol–water partition coefficient (Wildman–Crippen LogP) is 4.59. The van der Waals surface area contributed by atoms with Gasteiger partial charge < -0.3 is 30.1 Å². The summed E-state index contributed by atoms with van der Waals surface area (Å²) in [7, 11) is 3.80. The third-order valence-corrected chi connectivity index (χ3v) is 8.31. The summed E-state index contributed by atoms with van der Waals surface area (Å²) in [4.78, 5) is 61.8. The van der Waals surface area contributed by atoms with E-state index in [9.17, 15) is 29.4 Å². The number of likely N-dealkylation sites (N-methyl/N-ethyl adjacent to an activating group) is 2. The number of rotatable bonds is 9. The van der Waals surface area contributed by atoms with E-state index in [0.29, 0.717) is 34.6 Å². The van der Waals surface area contributed by atoms with Crippen molar-refractivity contribution in [2.24, 2.45) is 4.99 Å². The second kappa shape index (κ2) is 14.9. The Bertz CT molecular complexity index is 1920. The van der Waals surface area contributed by atoms with Crippen LogP contribution in [0.1, 0.15) is 47.1 Å². The van der Waals surface area contributed by atoms with E-state index >= 15 is 0 Å². The average molecular weight is 683 g/mol. The number of amides is 2. The lowest BCUT2D eigenvalue weighted by Gasteiger charge is -2.32. The maximum atomic E-state index is 13.6. The van der Waals surface area contributed by atoms with E-state index in [1.54, 1.807) is 69.1 Å². The highest BCUT2D eigenvalue weighted by Crippen LogP contribution is 2.35. The maximum absolute atomic E-state index is 13.6. The van der Waals surface area contributed by atoms with Gasteiger partial charge in [-0.3, -0.25) is 14.5 Å². The molecule has 0 aliphatic carbocycles. The summed E-state index contributed by atoms with van der Waals surface area (Å²) in [6.45, 7) is 8.33. The molecule has 1 aliphatic rings. The molecule has 1 aliphatic heterocycles. The van der Waals surface area contributed by atoms with E-state index in [1.165, 1.54) is 18.2 Å². The summed E-state index contributed by atoms with van der Waals surface area (Å²) in [5.41, 5.74) is 1.54. The van der Waals surface area contributed by atoms with E-state index in [2.05, 4.69) is 22.2 Å². The molecular formula is C37H42N6O7. The Balaban J connectivity index is 1.52. The number of carboxylic acids is 1. The number of hydrogen-bond acceptors (Lipinski definition) is 9. The van der Waals surface area contributed by atoms with Crippen molar-refractivity contribution < 1.29 is 34.1 Å². The molecule has 4 aromatic rings. The van der Waals surface area contributed by atoms with E-state index in [4.69, 9.17) is 9.73 Å². The number of fused-ring (bicyclic) bond motifs is 1. The van der Waals surface area contributed by atoms with Crippen LogP contribution in [0.25, 0.3) is 10.9 Å². The van der Waals surface area contributed by atoms with Crippen LogP contribution in [0.5, 0.6) is 5.88 Å². The maximum Gasteiger partial charge on any atom is 0.408 e. The van der Waals surface area contributed by atoms with E-state index in [0.717, 1.165) is 30.7 Å². The van der Waals surface area contributed by atoms with Gasteiger partial charge in [0.15, 0.2) is 0 Å². The number of aromatic nitrogens is 1. The number of carboxylic acid groups (broad SMARTS) is 1. The molecule has 3 N–H and O–H groups in total. The molecule has 0 spiro atoms. The van der Waals surface area contributed by atoms with Crippen LogP contribution in [0.4, 0.5) is 16.2 Å². The average Bonchev–Trinajstić information content (AvgIpc) is 3.37. The minimum Gasteiger partial charge on any atom is -0.494 e. The van der Waals surface area contributed by atoms with Gasteiger partial charge in [0.1, 0.15) is 12.1 Å². The van der Waals surface area contributed by atoms with Crippen molar-refractivity contribution in [3.63, 3.8) is 0 Å². The number of benzene rings is 3. The van der Waals surface area contributed by atoms with Crippen molar-refractivity contribution in [1.29, 1.82) is 0 Å². The number of aromatic carboxylic acids is 1. The molecule has 3 aromatic carbocycles. The van der Waals surface area contributed by atoms with Crippen molar-refractivity contribution in [2.75, 3.05) is 58.3 Å². The van der Waals surface area contributed by atoms with Crippen LogP contribution in [-0.4, -0.2) is 113 Å². The number of nitrogens with one attached hydrogen (secondary N) is 1. The Kier molecular flexibility index (Phi) is 10.7. The highest BCUT2D eigenvalue weighted by molar-refractivity contribution is 6.23. The van der Waals surface area contributed by atoms with Gasteiger partial charge in [-0.1, -0.05) is 36.4 Å². The molecule has 0 atom stereocenters. The van der Waals surface area contributed by atoms with Gasteiger partial charge in [-0.25, -0.2) is 19.1 Å². The number of alkyl carbamates (subject to hydrolysis) is 1. The van der Waals surface area contributed by atoms with Gasteiger partial charge in [-0.05, 0) is 64.2 Å². The summed E-state index contributed by atoms with van der Waals surface area (Å²) >= 11 is 0. The van der Waals surface area contributed by atoms with Crippen LogP contribution in [0.2, 0.25) is 0 Å². The van der Waals surface area contributed by atoms with Crippen molar-refractivity contribution in [2.45, 2.75) is 26.4 Å². The van der Waals surface area contributed by atoms with Crippen LogP contribution in [0, 0.1) is 0 Å². The Morgan fingerprint density at radius 1 is 0.920 bits per heavy atom. The number of anilines is 1. The van der Waals surface area contributed by atoms with Crippen molar-refractivity contribution in [1.82, 2.24) is 19.7 Å². The second-order valence-electron chi connectivity index (χ2n) is 13.2. The Morgan fingerprint density at radius 3 is 2.20 bits per heavy atom. The van der Waals surface area contributed by atoms with Crippen LogP contribution < -0.4 is 10.2 Å². The van der Waals surface area contributed by atoms with Gasteiger partial charge in [-0.2, -0.15) is 0 Å². The Hall–Kier alpha value is -5.53. The lowest BCUT2D eigenvalue weighted by Crippen LogP contribution is -2.48. The molecule has 1 fully saturated rings. The van der Waals surface area contributed by atoms with Crippen LogP contribution in [0.15, 0.2) is 77.8 Å². The number of nitrogens with zero attached hydrogens (tertiary/aromatic N) is 5. The van der Waals surface area contributed by atoms with E-state index < -0.39 is 36.0 Å². The fraction of sp³-hybridized carbons (Fsp3) is 0.324. The third-order valence-electron chi connectivity index (χ3n) is 8.31. The number of ether oxygens (including phenoxy) is 1. The predicted molar refractivity (Wildman–Crippen MR) is 191 cm³/mol. The highest BCUT2D eigenvalue weighted by Gasteiger charge is 2.27. The zero-order valence-electron chi connectivity index (χ0n) is 28.8. The molecule has 1 saturated heterocycles. The van der Waals surface area contributed by atoms with Gasteiger partial charge in [0, 0.05) is 49.9 Å². The molecule has 13 nitrogen and oxygen atoms in total. The second-order valence-corrected chi connectivity index (χ2v) is 13.2. The fourth-order valence-electron chi connectivity index (χ4n) is 5.62. The number of carbonyl (C=O) groups is 4. The van der Waals surface area contributed by atoms with Crippen molar-refractivity contribution in [3.8, 4) is 5.88 Å². The van der Waals surface area contributed by atoms with Gasteiger partial charge >= 0.3 is 12.1 Å². The van der Waals surface area contributed by atoms with Gasteiger partial charge in [0.05, 0.1) is 34.6 Å². The molecule has 2 heterocycles. The molecular weight excluding hydrogens is 640 g/mol. The summed E-state index contributed by atoms with van der Waals surface area (Å²) in [5, 5.41) is 24.2. The number of aromatic hydroxyl groups is 1. The largest absolute Gasteiger partial charge is 0.494 e. The zero-order chi connectivity index (χ0) is 36.2. The van der Waals surface area contributed by atoms with Crippen LogP contribution in [-0.2, 0) is 9.53 Å². The summed E-state index contributed by atoms with van der Waals surface area (Å²) in [6, 6.07) is 20.3. The van der Waals surface area contributed by atoms with Gasteiger partial charge in [0.25, 0.3) is 5.91 Å². The zero-order valence-corrected chi connectivity index (χ0v) is 28.8. The molecule has 50 heavy (non-hydrogen) atoms. The lowest BCUT2D eigenvalue weighted by molar-refractivity contribution is -0.119. The quantitative estimate of drug-likeness (QED) is 0.215. The van der Waals surface area contributed by atoms with E-state index in [1.807, 2.05) is 18.2 Å². The smallest absolute Gasteiger partial charge is 0.408 e. The monoisotopic (exact) mass is 682 g/mol. The number of aliphatic imine (C=N–C) groups is 1. The molecule has 262 valence electrons. The topological polar surface area (TPSA) is 157 Å². The molecule has 13 heteroatoms. The summed E-state index contributed by atoms with van der Waals surface area (Å²) in [6.07, 6.45) is -0.824. The Morgan fingerprint density at radius 2 is 1.58 bits per heavy atom. The SMILES string of the molecule is CN1CCN(CC(=O)N(C)c2ccc(N=C(c3ccccc3)c3c(O)n(C(=O)CNC(=O)OC(C)(C)C)c4cc(C(=O)O)ccc34)cc2)CC1. The fourth-order valence-corrected chi connectivity index (χ4v) is 5.62. The van der Waals surface area contributed by atoms with Crippen molar-refractivity contribution >= 4 is 51.9 Å². The van der Waals surface area contributed by atoms with Crippen LogP contribution >= 0.6 is 0 Å². The van der Waals surface area contributed by atoms with Gasteiger partial charge in [-0.15, -0.1) is 0 Å². The van der Waals surface area contributed by atoms with Gasteiger partial charge in [0.2, 0.25) is 11.8 Å². The molecule has 5 rings (SSSR count). The number of carbonyl (C=O) groups excluding carboxylic acids is 3. The van der Waals surface area contributed by atoms with E-state index in [-0.39, 0.29) is 22.6 Å². The minimum absolute atomic E-state index is 0.0277. The molecule has 2 amide bonds.